The molecule has 0 aromatic heterocycles. The Morgan fingerprint density at radius 3 is 2.88 bits per heavy atom. The van der Waals surface area contributed by atoms with Gasteiger partial charge in [0.05, 0.1) is 13.2 Å². The molecule has 2 rings (SSSR count). The monoisotopic (exact) mass is 235 g/mol. The van der Waals surface area contributed by atoms with Crippen LogP contribution in [0.25, 0.3) is 0 Å². The van der Waals surface area contributed by atoms with Gasteiger partial charge < -0.3 is 15.2 Å². The second kappa shape index (κ2) is 6.74. The minimum Gasteiger partial charge on any atom is -0.386 e. The van der Waals surface area contributed by atoms with Crippen LogP contribution in [0.3, 0.4) is 0 Å². The molecule has 0 saturated carbocycles. The molecule has 1 aliphatic heterocycles. The topological polar surface area (TPSA) is 41.5 Å². The predicted molar refractivity (Wildman–Crippen MR) is 67.8 cm³/mol. The first kappa shape index (κ1) is 12.6. The average Bonchev–Trinajstić information content (AvgIpc) is 2.41. The van der Waals surface area contributed by atoms with Crippen molar-refractivity contribution in [2.75, 3.05) is 26.3 Å². The van der Waals surface area contributed by atoms with Crippen LogP contribution in [0.2, 0.25) is 0 Å². The highest BCUT2D eigenvalue weighted by Gasteiger charge is 2.14. The summed E-state index contributed by atoms with van der Waals surface area (Å²) in [4.78, 5) is 0. The van der Waals surface area contributed by atoms with E-state index in [4.69, 9.17) is 4.74 Å². The van der Waals surface area contributed by atoms with Crippen LogP contribution in [0.5, 0.6) is 0 Å². The number of aliphatic hydroxyl groups is 1. The first-order valence-electron chi connectivity index (χ1n) is 6.38. The van der Waals surface area contributed by atoms with E-state index in [0.29, 0.717) is 12.5 Å². The van der Waals surface area contributed by atoms with E-state index in [2.05, 4.69) is 5.32 Å². The highest BCUT2D eigenvalue weighted by atomic mass is 16.5. The number of hydrogen-bond acceptors (Lipinski definition) is 3. The molecule has 1 heterocycles. The number of aliphatic hydroxyl groups excluding tert-OH is 1. The Hall–Kier alpha value is -0.900. The van der Waals surface area contributed by atoms with Crippen LogP contribution in [0.15, 0.2) is 30.3 Å². The van der Waals surface area contributed by atoms with Crippen LogP contribution in [0.4, 0.5) is 0 Å². The zero-order chi connectivity index (χ0) is 11.9. The average molecular weight is 235 g/mol. The van der Waals surface area contributed by atoms with Crippen molar-refractivity contribution in [3.05, 3.63) is 35.9 Å². The second-order valence-corrected chi connectivity index (χ2v) is 4.68. The summed E-state index contributed by atoms with van der Waals surface area (Å²) in [6.45, 7) is 3.31. The molecule has 1 fully saturated rings. The van der Waals surface area contributed by atoms with Crippen molar-refractivity contribution in [3.8, 4) is 0 Å². The van der Waals surface area contributed by atoms with Gasteiger partial charge in [0.2, 0.25) is 0 Å². The summed E-state index contributed by atoms with van der Waals surface area (Å²) < 4.78 is 5.60. The van der Waals surface area contributed by atoms with Gasteiger partial charge in [-0.1, -0.05) is 30.3 Å². The third kappa shape index (κ3) is 4.11. The Kier molecular flexibility index (Phi) is 4.98. The van der Waals surface area contributed by atoms with Crippen molar-refractivity contribution in [2.24, 2.45) is 5.92 Å². The van der Waals surface area contributed by atoms with Gasteiger partial charge in [0.15, 0.2) is 0 Å². The molecule has 1 aromatic rings. The third-order valence-electron chi connectivity index (χ3n) is 3.21. The Morgan fingerprint density at radius 1 is 1.35 bits per heavy atom. The Balaban J connectivity index is 1.67. The maximum atomic E-state index is 9.91. The van der Waals surface area contributed by atoms with Gasteiger partial charge in [0, 0.05) is 6.54 Å². The molecule has 0 spiro atoms. The number of hydrogen-bond donors (Lipinski definition) is 2. The zero-order valence-corrected chi connectivity index (χ0v) is 10.1. The van der Waals surface area contributed by atoms with Crippen LogP contribution in [-0.2, 0) is 4.74 Å². The molecule has 17 heavy (non-hydrogen) atoms. The molecule has 3 nitrogen and oxygen atoms in total. The molecule has 0 radical (unpaired) electrons. The first-order chi connectivity index (χ1) is 8.36. The van der Waals surface area contributed by atoms with Gasteiger partial charge >= 0.3 is 0 Å². The van der Waals surface area contributed by atoms with Crippen molar-refractivity contribution in [3.63, 3.8) is 0 Å². The molecule has 2 unspecified atom stereocenters. The maximum absolute atomic E-state index is 9.91. The quantitative estimate of drug-likeness (QED) is 0.816. The lowest BCUT2D eigenvalue weighted by atomic mass is 10.0. The van der Waals surface area contributed by atoms with Gasteiger partial charge in [-0.05, 0) is 30.9 Å². The number of piperidine rings is 1. The summed E-state index contributed by atoms with van der Waals surface area (Å²) in [6.07, 6.45) is 1.96. The van der Waals surface area contributed by atoms with Crippen LogP contribution < -0.4 is 5.32 Å². The van der Waals surface area contributed by atoms with Crippen molar-refractivity contribution in [1.29, 1.82) is 0 Å². The summed E-state index contributed by atoms with van der Waals surface area (Å²) in [6, 6.07) is 9.67. The molecular weight excluding hydrogens is 214 g/mol. The van der Waals surface area contributed by atoms with E-state index in [9.17, 15) is 5.11 Å². The van der Waals surface area contributed by atoms with Gasteiger partial charge in [0.1, 0.15) is 6.10 Å². The van der Waals surface area contributed by atoms with Gasteiger partial charge in [-0.3, -0.25) is 0 Å². The van der Waals surface area contributed by atoms with E-state index in [1.807, 2.05) is 30.3 Å². The lowest BCUT2D eigenvalue weighted by Crippen LogP contribution is -2.32. The smallest absolute Gasteiger partial charge is 0.102 e. The second-order valence-electron chi connectivity index (χ2n) is 4.68. The minimum absolute atomic E-state index is 0.389. The fourth-order valence-electron chi connectivity index (χ4n) is 2.18. The van der Waals surface area contributed by atoms with Crippen molar-refractivity contribution in [2.45, 2.75) is 18.9 Å². The summed E-state index contributed by atoms with van der Waals surface area (Å²) in [5, 5.41) is 13.3. The van der Waals surface area contributed by atoms with Crippen molar-refractivity contribution in [1.82, 2.24) is 5.32 Å². The van der Waals surface area contributed by atoms with Gasteiger partial charge in [-0.25, -0.2) is 0 Å². The fourth-order valence-corrected chi connectivity index (χ4v) is 2.18. The molecule has 2 N–H and O–H groups in total. The molecule has 1 aliphatic rings. The lowest BCUT2D eigenvalue weighted by molar-refractivity contribution is 0.0168. The van der Waals surface area contributed by atoms with Crippen molar-refractivity contribution < 1.29 is 9.84 Å². The van der Waals surface area contributed by atoms with Crippen LogP contribution >= 0.6 is 0 Å². The maximum Gasteiger partial charge on any atom is 0.102 e. The van der Waals surface area contributed by atoms with Gasteiger partial charge in [-0.2, -0.15) is 0 Å². The number of ether oxygens (including phenoxy) is 1. The SMILES string of the molecule is OC(COCC1CCCNC1)c1ccccc1. The zero-order valence-electron chi connectivity index (χ0n) is 10.1. The molecule has 0 aliphatic carbocycles. The molecule has 3 heteroatoms. The molecule has 1 aromatic carbocycles. The van der Waals surface area contributed by atoms with Crippen molar-refractivity contribution >= 4 is 0 Å². The molecule has 2 atom stereocenters. The van der Waals surface area contributed by atoms with E-state index in [0.717, 1.165) is 25.3 Å². The Morgan fingerprint density at radius 2 is 2.18 bits per heavy atom. The van der Waals surface area contributed by atoms with Gasteiger partial charge in [-0.15, -0.1) is 0 Å². The van der Waals surface area contributed by atoms with E-state index in [1.165, 1.54) is 12.8 Å². The summed E-state index contributed by atoms with van der Waals surface area (Å²) >= 11 is 0. The largest absolute Gasteiger partial charge is 0.386 e. The normalized spacial score (nSPS) is 22.3. The fraction of sp³-hybridized carbons (Fsp3) is 0.571. The first-order valence-corrected chi connectivity index (χ1v) is 6.38. The summed E-state index contributed by atoms with van der Waals surface area (Å²) in [5.74, 6) is 0.603. The van der Waals surface area contributed by atoms with Crippen LogP contribution in [0, 0.1) is 5.92 Å². The lowest BCUT2D eigenvalue weighted by Gasteiger charge is -2.23. The van der Waals surface area contributed by atoms with E-state index in [-0.39, 0.29) is 0 Å². The summed E-state index contributed by atoms with van der Waals surface area (Å²) in [5.41, 5.74) is 0.925. The number of benzene rings is 1. The highest BCUT2D eigenvalue weighted by Crippen LogP contribution is 2.14. The van der Waals surface area contributed by atoms with E-state index in [1.54, 1.807) is 0 Å². The van der Waals surface area contributed by atoms with Crippen LogP contribution in [0.1, 0.15) is 24.5 Å². The molecule has 1 saturated heterocycles. The molecule has 94 valence electrons. The predicted octanol–water partition coefficient (Wildman–Crippen LogP) is 1.74. The van der Waals surface area contributed by atoms with Crippen LogP contribution in [-0.4, -0.2) is 31.4 Å². The third-order valence-corrected chi connectivity index (χ3v) is 3.21. The number of nitrogens with one attached hydrogen (secondary N) is 1. The Labute approximate surface area is 103 Å². The van der Waals surface area contributed by atoms with E-state index >= 15 is 0 Å². The Bertz CT molecular complexity index is 309. The molecule has 0 amide bonds. The standard InChI is InChI=1S/C14H21NO2/c16-14(13-6-2-1-3-7-13)11-17-10-12-5-4-8-15-9-12/h1-3,6-7,12,14-16H,4-5,8-11H2. The van der Waals surface area contributed by atoms with E-state index < -0.39 is 6.10 Å². The minimum atomic E-state index is -0.507. The molecular formula is C14H21NO2. The summed E-state index contributed by atoms with van der Waals surface area (Å²) in [7, 11) is 0. The molecule has 0 bridgehead atoms. The highest BCUT2D eigenvalue weighted by molar-refractivity contribution is 5.17. The van der Waals surface area contributed by atoms with Gasteiger partial charge in [0.25, 0.3) is 0 Å². The number of rotatable bonds is 5.